The highest BCUT2D eigenvalue weighted by atomic mass is 19.4. The Morgan fingerprint density at radius 1 is 1.05 bits per heavy atom. The third-order valence-corrected chi connectivity index (χ3v) is 6.91. The average Bonchev–Trinajstić information content (AvgIpc) is 2.92. The lowest BCUT2D eigenvalue weighted by Crippen LogP contribution is -2.57. The molecule has 0 aliphatic carbocycles. The Kier molecular flexibility index (Phi) is 7.00. The van der Waals surface area contributed by atoms with Crippen molar-refractivity contribution in [2.75, 3.05) is 41.6 Å². The number of alkyl halides is 3. The second-order valence-corrected chi connectivity index (χ2v) is 9.53. The van der Waals surface area contributed by atoms with Gasteiger partial charge in [-0.05, 0) is 42.5 Å². The summed E-state index contributed by atoms with van der Waals surface area (Å²) in [4.78, 5) is 30.2. The molecular weight excluding hydrogens is 563 g/mol. The molecule has 1 saturated heterocycles. The van der Waals surface area contributed by atoms with Crippen molar-refractivity contribution in [3.8, 4) is 5.75 Å². The first-order valence-corrected chi connectivity index (χ1v) is 12.4. The molecule has 0 spiro atoms. The van der Waals surface area contributed by atoms with Crippen molar-refractivity contribution in [3.63, 3.8) is 0 Å². The van der Waals surface area contributed by atoms with Crippen LogP contribution in [0.4, 0.5) is 49.5 Å². The van der Waals surface area contributed by atoms with Crippen molar-refractivity contribution in [1.82, 2.24) is 4.90 Å². The molecule has 3 aromatic rings. The SMILES string of the molecule is COc1cccc(N2C(=O)/C(=C3\CN(C)c4cc(N)ccc4N3)C(=N)N(Cc3c(F)cccc3C(F)(F)F)C2=O)c1F. The number of carbonyl (C=O) groups excluding carboxylic acids is 2. The number of nitrogens with two attached hydrogens (primary N) is 1. The summed E-state index contributed by atoms with van der Waals surface area (Å²) < 4.78 is 76.6. The summed E-state index contributed by atoms with van der Waals surface area (Å²) in [5, 5.41) is 11.8. The molecule has 5 rings (SSSR count). The highest BCUT2D eigenvalue weighted by molar-refractivity contribution is 6.38. The van der Waals surface area contributed by atoms with Crippen LogP contribution < -0.4 is 25.6 Å². The Bertz CT molecular complexity index is 1670. The largest absolute Gasteiger partial charge is 0.494 e. The second kappa shape index (κ2) is 10.4. The number of hydrogen-bond acceptors (Lipinski definition) is 7. The number of halogens is 5. The maximum absolute atomic E-state index is 15.4. The van der Waals surface area contributed by atoms with Crippen molar-refractivity contribution in [2.24, 2.45) is 0 Å². The summed E-state index contributed by atoms with van der Waals surface area (Å²) in [6.07, 6.45) is -4.99. The van der Waals surface area contributed by atoms with Crippen LogP contribution in [0.3, 0.4) is 0 Å². The molecule has 0 radical (unpaired) electrons. The number of rotatable bonds is 4. The van der Waals surface area contributed by atoms with Crippen LogP contribution in [-0.2, 0) is 17.5 Å². The van der Waals surface area contributed by atoms with E-state index in [1.54, 1.807) is 30.1 Å². The van der Waals surface area contributed by atoms with E-state index < -0.39 is 64.5 Å². The van der Waals surface area contributed by atoms with E-state index in [1.807, 2.05) is 0 Å². The highest BCUT2D eigenvalue weighted by Crippen LogP contribution is 2.39. The average molecular weight is 587 g/mol. The van der Waals surface area contributed by atoms with Crippen LogP contribution in [0.1, 0.15) is 11.1 Å². The lowest BCUT2D eigenvalue weighted by molar-refractivity contribution is -0.138. The number of nitrogen functional groups attached to an aromatic ring is 1. The molecular formula is C28H23F5N6O3. The summed E-state index contributed by atoms with van der Waals surface area (Å²) in [5.74, 6) is -4.61. The number of likely N-dealkylation sites (N-methyl/N-ethyl adjacent to an activating group) is 1. The van der Waals surface area contributed by atoms with E-state index >= 15 is 4.39 Å². The lowest BCUT2D eigenvalue weighted by atomic mass is 10.0. The fraction of sp³-hybridized carbons (Fsp3) is 0.179. The second-order valence-electron chi connectivity index (χ2n) is 9.53. The number of nitrogens with zero attached hydrogens (tertiary/aromatic N) is 3. The molecule has 0 atom stereocenters. The fourth-order valence-electron chi connectivity index (χ4n) is 4.89. The van der Waals surface area contributed by atoms with Gasteiger partial charge < -0.3 is 20.7 Å². The van der Waals surface area contributed by atoms with Gasteiger partial charge in [0.15, 0.2) is 11.6 Å². The number of benzene rings is 3. The zero-order valence-corrected chi connectivity index (χ0v) is 22.1. The normalized spacial score (nSPS) is 17.4. The molecule has 2 aliphatic heterocycles. The van der Waals surface area contributed by atoms with Crippen LogP contribution in [0.15, 0.2) is 65.9 Å². The number of nitrogens with one attached hydrogen (secondary N) is 2. The lowest BCUT2D eigenvalue weighted by Gasteiger charge is -2.39. The maximum atomic E-state index is 15.4. The Hall–Kier alpha value is -5.14. The van der Waals surface area contributed by atoms with E-state index in [9.17, 15) is 27.2 Å². The number of methoxy groups -OCH3 is 1. The highest BCUT2D eigenvalue weighted by Gasteiger charge is 2.45. The number of amides is 3. The number of amidine groups is 1. The minimum Gasteiger partial charge on any atom is -0.494 e. The zero-order chi connectivity index (χ0) is 30.5. The van der Waals surface area contributed by atoms with Crippen molar-refractivity contribution in [2.45, 2.75) is 12.7 Å². The first kappa shape index (κ1) is 28.4. The minimum atomic E-state index is -4.99. The van der Waals surface area contributed by atoms with Gasteiger partial charge in [0.2, 0.25) is 0 Å². The quantitative estimate of drug-likeness (QED) is 0.216. The fourth-order valence-corrected chi connectivity index (χ4v) is 4.89. The summed E-state index contributed by atoms with van der Waals surface area (Å²) in [6, 6.07) is 9.47. The molecule has 1 fully saturated rings. The van der Waals surface area contributed by atoms with Crippen LogP contribution in [0, 0.1) is 17.0 Å². The predicted octanol–water partition coefficient (Wildman–Crippen LogP) is 5.34. The maximum Gasteiger partial charge on any atom is 0.416 e. The summed E-state index contributed by atoms with van der Waals surface area (Å²) in [6.45, 7) is -1.10. The Morgan fingerprint density at radius 3 is 2.45 bits per heavy atom. The van der Waals surface area contributed by atoms with Crippen LogP contribution in [0.25, 0.3) is 0 Å². The molecule has 0 saturated carbocycles. The topological polar surface area (TPSA) is 115 Å². The van der Waals surface area contributed by atoms with Crippen LogP contribution in [0.5, 0.6) is 5.75 Å². The van der Waals surface area contributed by atoms with Crippen molar-refractivity contribution < 1.29 is 36.3 Å². The summed E-state index contributed by atoms with van der Waals surface area (Å²) >= 11 is 0. The number of imide groups is 1. The van der Waals surface area contributed by atoms with Gasteiger partial charge in [-0.1, -0.05) is 12.1 Å². The molecule has 14 heteroatoms. The van der Waals surface area contributed by atoms with Gasteiger partial charge in [0.1, 0.15) is 17.2 Å². The smallest absolute Gasteiger partial charge is 0.416 e. The number of anilines is 4. The molecule has 3 amide bonds. The minimum absolute atomic E-state index is 0.0239. The first-order chi connectivity index (χ1) is 19.8. The van der Waals surface area contributed by atoms with E-state index in [-0.39, 0.29) is 18.0 Å². The van der Waals surface area contributed by atoms with Crippen LogP contribution in [-0.4, -0.2) is 43.4 Å². The summed E-state index contributed by atoms with van der Waals surface area (Å²) in [5.41, 5.74) is 4.28. The van der Waals surface area contributed by atoms with E-state index in [0.29, 0.717) is 32.9 Å². The van der Waals surface area contributed by atoms with E-state index in [1.165, 1.54) is 19.2 Å². The van der Waals surface area contributed by atoms with Gasteiger partial charge in [-0.3, -0.25) is 15.1 Å². The first-order valence-electron chi connectivity index (χ1n) is 12.4. The molecule has 0 aromatic heterocycles. The van der Waals surface area contributed by atoms with Gasteiger partial charge >= 0.3 is 12.2 Å². The zero-order valence-electron chi connectivity index (χ0n) is 22.1. The third kappa shape index (κ3) is 4.74. The van der Waals surface area contributed by atoms with E-state index in [4.69, 9.17) is 15.9 Å². The number of hydrogen-bond donors (Lipinski definition) is 3. The number of ether oxygens (including phenoxy) is 1. The third-order valence-electron chi connectivity index (χ3n) is 6.91. The standard InChI is InChI=1S/C28H23F5N6O3/c1-37-13-19(36-18-10-9-14(34)11-21(18)37)23-25(35)38(12-15-16(28(31,32)33)5-3-6-17(15)29)27(41)39(26(23)40)20-7-4-8-22(42-2)24(20)30/h3-11,35-36H,12-13,34H2,1-2H3/b23-19+,35-25?. The molecule has 9 nitrogen and oxygen atoms in total. The molecule has 0 unspecified atom stereocenters. The van der Waals surface area contributed by atoms with Crippen molar-refractivity contribution >= 4 is 40.5 Å². The van der Waals surface area contributed by atoms with Gasteiger partial charge in [-0.2, -0.15) is 13.2 Å². The Morgan fingerprint density at radius 2 is 1.76 bits per heavy atom. The van der Waals surface area contributed by atoms with Gasteiger partial charge in [-0.25, -0.2) is 18.5 Å². The molecule has 2 heterocycles. The molecule has 0 bridgehead atoms. The number of fused-ring (bicyclic) bond motifs is 1. The van der Waals surface area contributed by atoms with Crippen molar-refractivity contribution in [1.29, 1.82) is 5.41 Å². The molecule has 4 N–H and O–H groups in total. The van der Waals surface area contributed by atoms with E-state index in [2.05, 4.69) is 5.32 Å². The van der Waals surface area contributed by atoms with Crippen LogP contribution >= 0.6 is 0 Å². The summed E-state index contributed by atoms with van der Waals surface area (Å²) in [7, 11) is 2.84. The molecule has 2 aliphatic rings. The molecule has 218 valence electrons. The predicted molar refractivity (Wildman–Crippen MR) is 145 cm³/mol. The van der Waals surface area contributed by atoms with Crippen LogP contribution in [0.2, 0.25) is 0 Å². The Labute approximate surface area is 236 Å². The van der Waals surface area contributed by atoms with Gasteiger partial charge in [0.25, 0.3) is 5.91 Å². The van der Waals surface area contributed by atoms with Gasteiger partial charge in [0, 0.05) is 18.3 Å². The molecule has 3 aromatic carbocycles. The number of urea groups is 1. The Balaban J connectivity index is 1.69. The van der Waals surface area contributed by atoms with Gasteiger partial charge in [-0.15, -0.1) is 0 Å². The monoisotopic (exact) mass is 586 g/mol. The van der Waals surface area contributed by atoms with Crippen molar-refractivity contribution in [3.05, 3.63) is 88.6 Å². The number of carbonyl (C=O) groups is 2. The van der Waals surface area contributed by atoms with Gasteiger partial charge in [0.05, 0.1) is 48.5 Å². The molecule has 42 heavy (non-hydrogen) atoms. The van der Waals surface area contributed by atoms with E-state index in [0.717, 1.165) is 18.2 Å².